The van der Waals surface area contributed by atoms with Gasteiger partial charge < -0.3 is 14.8 Å². The van der Waals surface area contributed by atoms with Crippen molar-refractivity contribution in [3.05, 3.63) is 23.8 Å². The number of benzene rings is 1. The van der Waals surface area contributed by atoms with Gasteiger partial charge in [-0.25, -0.2) is 0 Å². The molecule has 9 heteroatoms. The van der Waals surface area contributed by atoms with Gasteiger partial charge in [-0.05, 0) is 30.5 Å². The fourth-order valence-electron chi connectivity index (χ4n) is 3.97. The smallest absolute Gasteiger partial charge is 0.387 e. The lowest BCUT2D eigenvalue weighted by Crippen LogP contribution is -2.35. The van der Waals surface area contributed by atoms with Crippen molar-refractivity contribution in [3.63, 3.8) is 0 Å². The van der Waals surface area contributed by atoms with Crippen molar-refractivity contribution in [2.75, 3.05) is 13.7 Å². The maximum absolute atomic E-state index is 12.4. The average Bonchev–Trinajstić information content (AvgIpc) is 2.95. The van der Waals surface area contributed by atoms with Gasteiger partial charge in [-0.2, -0.15) is 8.78 Å². The van der Waals surface area contributed by atoms with Gasteiger partial charge in [-0.1, -0.05) is 18.9 Å². The van der Waals surface area contributed by atoms with Gasteiger partial charge in [0.1, 0.15) is 0 Å². The van der Waals surface area contributed by atoms with E-state index in [0.717, 1.165) is 25.7 Å². The monoisotopic (exact) mass is 410 g/mol. The Morgan fingerprint density at radius 2 is 1.83 bits per heavy atom. The molecule has 0 radical (unpaired) electrons. The number of likely N-dealkylation sites (tertiary alicyclic amines) is 1. The van der Waals surface area contributed by atoms with E-state index in [0.29, 0.717) is 5.56 Å². The van der Waals surface area contributed by atoms with Crippen LogP contribution in [0.2, 0.25) is 0 Å². The van der Waals surface area contributed by atoms with Gasteiger partial charge in [0.15, 0.2) is 11.5 Å². The van der Waals surface area contributed by atoms with E-state index < -0.39 is 6.61 Å². The minimum Gasteiger partial charge on any atom is -0.493 e. The summed E-state index contributed by atoms with van der Waals surface area (Å²) in [4.78, 5) is 38.2. The van der Waals surface area contributed by atoms with Crippen LogP contribution in [0.25, 0.3) is 0 Å². The largest absolute Gasteiger partial charge is 0.493 e. The van der Waals surface area contributed by atoms with Crippen LogP contribution in [-0.4, -0.2) is 42.9 Å². The number of amides is 3. The van der Waals surface area contributed by atoms with Crippen LogP contribution in [0, 0.1) is 11.8 Å². The van der Waals surface area contributed by atoms with Crippen molar-refractivity contribution < 1.29 is 32.6 Å². The van der Waals surface area contributed by atoms with Crippen LogP contribution in [0.4, 0.5) is 8.78 Å². The first-order valence-electron chi connectivity index (χ1n) is 9.64. The van der Waals surface area contributed by atoms with E-state index in [4.69, 9.17) is 4.74 Å². The van der Waals surface area contributed by atoms with Crippen molar-refractivity contribution in [3.8, 4) is 11.5 Å². The van der Waals surface area contributed by atoms with Crippen LogP contribution in [0.1, 0.15) is 37.7 Å². The molecule has 2 atom stereocenters. The number of carbonyl (C=O) groups excluding carboxylic acids is 3. The highest BCUT2D eigenvalue weighted by atomic mass is 19.3. The molecule has 29 heavy (non-hydrogen) atoms. The number of hydrogen-bond donors (Lipinski definition) is 1. The third kappa shape index (κ3) is 4.83. The summed E-state index contributed by atoms with van der Waals surface area (Å²) in [7, 11) is 1.33. The lowest BCUT2D eigenvalue weighted by molar-refractivity contribution is -0.140. The highest BCUT2D eigenvalue weighted by molar-refractivity contribution is 6.05. The second-order valence-electron chi connectivity index (χ2n) is 7.22. The molecule has 1 saturated heterocycles. The van der Waals surface area contributed by atoms with Gasteiger partial charge >= 0.3 is 6.61 Å². The Bertz CT molecular complexity index is 762. The molecule has 1 aromatic rings. The van der Waals surface area contributed by atoms with Gasteiger partial charge in [-0.15, -0.1) is 0 Å². The molecule has 1 heterocycles. The number of methoxy groups -OCH3 is 1. The van der Waals surface area contributed by atoms with Gasteiger partial charge in [0.25, 0.3) is 0 Å². The van der Waals surface area contributed by atoms with Crippen molar-refractivity contribution in [1.29, 1.82) is 0 Å². The minimum absolute atomic E-state index is 0.0145. The predicted octanol–water partition coefficient (Wildman–Crippen LogP) is 2.48. The lowest BCUT2D eigenvalue weighted by atomic mass is 9.81. The van der Waals surface area contributed by atoms with Crippen LogP contribution < -0.4 is 14.8 Å². The van der Waals surface area contributed by atoms with Crippen LogP contribution >= 0.6 is 0 Å². The maximum Gasteiger partial charge on any atom is 0.387 e. The number of nitrogens with zero attached hydrogens (tertiary/aromatic N) is 1. The molecular formula is C20H24F2N2O5. The Kier molecular flexibility index (Phi) is 6.66. The Balaban J connectivity index is 1.50. The molecular weight excluding hydrogens is 386 g/mol. The summed E-state index contributed by atoms with van der Waals surface area (Å²) in [6, 6.07) is 4.38. The molecule has 0 aromatic heterocycles. The topological polar surface area (TPSA) is 84.9 Å². The summed E-state index contributed by atoms with van der Waals surface area (Å²) in [5.74, 6) is -1.04. The molecule has 1 saturated carbocycles. The highest BCUT2D eigenvalue weighted by Gasteiger charge is 2.47. The fourth-order valence-corrected chi connectivity index (χ4v) is 3.97. The third-order valence-electron chi connectivity index (χ3n) is 5.43. The van der Waals surface area contributed by atoms with Crippen molar-refractivity contribution in [2.45, 2.75) is 45.3 Å². The minimum atomic E-state index is -2.96. The third-order valence-corrected chi connectivity index (χ3v) is 5.43. The fraction of sp³-hybridized carbons (Fsp3) is 0.550. The van der Waals surface area contributed by atoms with Gasteiger partial charge in [-0.3, -0.25) is 19.3 Å². The van der Waals surface area contributed by atoms with Crippen LogP contribution in [0.15, 0.2) is 18.2 Å². The maximum atomic E-state index is 12.4. The number of nitrogens with one attached hydrogen (secondary N) is 1. The SMILES string of the molecule is COc1cc(CNC(=O)CCN2C(=O)[C@H]3CCCC[C@@H]3C2=O)ccc1OC(F)F. The number of alkyl halides is 2. The molecule has 0 unspecified atom stereocenters. The first kappa shape index (κ1) is 21.0. The van der Waals surface area contributed by atoms with E-state index in [9.17, 15) is 23.2 Å². The molecule has 0 bridgehead atoms. The Morgan fingerprint density at radius 3 is 2.41 bits per heavy atom. The first-order valence-corrected chi connectivity index (χ1v) is 9.64. The van der Waals surface area contributed by atoms with Crippen molar-refractivity contribution in [1.82, 2.24) is 10.2 Å². The predicted molar refractivity (Wildman–Crippen MR) is 98.3 cm³/mol. The first-order chi connectivity index (χ1) is 13.9. The number of ether oxygens (including phenoxy) is 2. The highest BCUT2D eigenvalue weighted by Crippen LogP contribution is 2.38. The summed E-state index contributed by atoms with van der Waals surface area (Å²) in [5, 5.41) is 2.69. The van der Waals surface area contributed by atoms with E-state index in [1.54, 1.807) is 6.07 Å². The lowest BCUT2D eigenvalue weighted by Gasteiger charge is -2.19. The van der Waals surface area contributed by atoms with Crippen LogP contribution in [0.5, 0.6) is 11.5 Å². The van der Waals surface area contributed by atoms with E-state index in [2.05, 4.69) is 10.1 Å². The average molecular weight is 410 g/mol. The zero-order valence-corrected chi connectivity index (χ0v) is 16.2. The number of imide groups is 1. The molecule has 1 aliphatic heterocycles. The summed E-state index contributed by atoms with van der Waals surface area (Å²) < 4.78 is 34.1. The summed E-state index contributed by atoms with van der Waals surface area (Å²) >= 11 is 0. The van der Waals surface area contributed by atoms with Gasteiger partial charge in [0.2, 0.25) is 17.7 Å². The Labute approximate surface area is 167 Å². The van der Waals surface area contributed by atoms with Gasteiger partial charge in [0.05, 0.1) is 18.9 Å². The second-order valence-corrected chi connectivity index (χ2v) is 7.22. The molecule has 0 spiro atoms. The molecule has 3 amide bonds. The molecule has 1 aliphatic carbocycles. The Morgan fingerprint density at radius 1 is 1.17 bits per heavy atom. The molecule has 3 rings (SSSR count). The number of fused-ring (bicyclic) bond motifs is 1. The normalized spacial score (nSPS) is 21.3. The number of hydrogen-bond acceptors (Lipinski definition) is 5. The van der Waals surface area contributed by atoms with Crippen LogP contribution in [0.3, 0.4) is 0 Å². The van der Waals surface area contributed by atoms with Crippen LogP contribution in [-0.2, 0) is 20.9 Å². The summed E-state index contributed by atoms with van der Waals surface area (Å²) in [5.41, 5.74) is 0.635. The molecule has 2 fully saturated rings. The molecule has 1 N–H and O–H groups in total. The van der Waals surface area contributed by atoms with E-state index in [-0.39, 0.29) is 60.6 Å². The number of rotatable bonds is 8. The number of carbonyl (C=O) groups is 3. The van der Waals surface area contributed by atoms with E-state index >= 15 is 0 Å². The summed E-state index contributed by atoms with van der Waals surface area (Å²) in [6.07, 6.45) is 3.41. The summed E-state index contributed by atoms with van der Waals surface area (Å²) in [6.45, 7) is -2.74. The van der Waals surface area contributed by atoms with Crippen molar-refractivity contribution in [2.24, 2.45) is 11.8 Å². The standard InChI is InChI=1S/C20H24F2N2O5/c1-28-16-10-12(6-7-15(16)29-20(21)22)11-23-17(25)8-9-24-18(26)13-4-2-3-5-14(13)19(24)27/h6-7,10,13-14,20H,2-5,8-9,11H2,1H3,(H,23,25)/t13-,14-/m0/s1. The van der Waals surface area contributed by atoms with E-state index in [1.807, 2.05) is 0 Å². The van der Waals surface area contributed by atoms with Crippen molar-refractivity contribution >= 4 is 17.7 Å². The molecule has 1 aromatic carbocycles. The molecule has 158 valence electrons. The quantitative estimate of drug-likeness (QED) is 0.666. The second kappa shape index (κ2) is 9.19. The zero-order valence-electron chi connectivity index (χ0n) is 16.2. The zero-order chi connectivity index (χ0) is 21.0. The van der Waals surface area contributed by atoms with E-state index in [1.165, 1.54) is 24.1 Å². The Hall–Kier alpha value is -2.71. The molecule has 7 nitrogen and oxygen atoms in total. The number of halogens is 2. The molecule has 2 aliphatic rings. The van der Waals surface area contributed by atoms with Gasteiger partial charge in [0, 0.05) is 19.5 Å².